The van der Waals surface area contributed by atoms with E-state index in [9.17, 15) is 9.59 Å². The third-order valence-corrected chi connectivity index (χ3v) is 5.34. The zero-order chi connectivity index (χ0) is 27.0. The molecule has 7 nitrogen and oxygen atoms in total. The van der Waals surface area contributed by atoms with Crippen LogP contribution in [0.4, 0.5) is 0 Å². The number of carbonyl (C=O) groups is 2. The number of methoxy groups -OCH3 is 4. The SMILES string of the molecule is BrBr.CC#N.COC(=O)c1cc(C)c(OC)c(C)c1.COC(=O)c1cc(C)c(OC)c(C)c1Br. The van der Waals surface area contributed by atoms with Gasteiger partial charge in [0.1, 0.15) is 11.5 Å². The van der Waals surface area contributed by atoms with Gasteiger partial charge < -0.3 is 18.9 Å². The van der Waals surface area contributed by atoms with E-state index in [4.69, 9.17) is 19.5 Å². The van der Waals surface area contributed by atoms with Crippen molar-refractivity contribution in [2.75, 3.05) is 28.4 Å². The third-order valence-electron chi connectivity index (χ3n) is 4.32. The van der Waals surface area contributed by atoms with Crippen molar-refractivity contribution >= 4 is 56.1 Å². The molecule has 0 amide bonds. The second-order valence-electron chi connectivity index (χ2n) is 6.56. The smallest absolute Gasteiger partial charge is 0.339 e. The molecule has 34 heavy (non-hydrogen) atoms. The first-order valence-electron chi connectivity index (χ1n) is 9.65. The maximum atomic E-state index is 11.4. The largest absolute Gasteiger partial charge is 0.496 e. The second kappa shape index (κ2) is 18.3. The topological polar surface area (TPSA) is 94.9 Å². The Bertz CT molecular complexity index is 980. The summed E-state index contributed by atoms with van der Waals surface area (Å²) in [5.41, 5.74) is 4.77. The summed E-state index contributed by atoms with van der Waals surface area (Å²) in [4.78, 5) is 22.7. The Morgan fingerprint density at radius 3 is 1.53 bits per heavy atom. The van der Waals surface area contributed by atoms with Crippen molar-refractivity contribution in [2.24, 2.45) is 0 Å². The van der Waals surface area contributed by atoms with E-state index in [1.165, 1.54) is 21.1 Å². The monoisotopic (exact) mass is 665 g/mol. The molecule has 0 heterocycles. The standard InChI is InChI=1S/C11H13BrO3.C11H14O3.C2H3N.Br2/c1-6-5-8(11(13)15-4)9(12)7(2)10(6)14-3;1-7-5-9(11(12)14-4)6-8(2)10(7)13-3;1-2-3;1-2/h5H,1-4H3;5-6H,1-4H3;1H3;. The van der Waals surface area contributed by atoms with Gasteiger partial charge in [0.15, 0.2) is 0 Å². The Morgan fingerprint density at radius 1 is 0.794 bits per heavy atom. The quantitative estimate of drug-likeness (QED) is 0.319. The molecule has 0 N–H and O–H groups in total. The number of carbonyl (C=O) groups excluding carboxylic acids is 2. The summed E-state index contributed by atoms with van der Waals surface area (Å²) in [6.45, 7) is 9.02. The number of hydrogen-bond acceptors (Lipinski definition) is 7. The van der Waals surface area contributed by atoms with Gasteiger partial charge in [0, 0.05) is 45.2 Å². The summed E-state index contributed by atoms with van der Waals surface area (Å²) in [5, 5.41) is 7.32. The van der Waals surface area contributed by atoms with Gasteiger partial charge in [-0.3, -0.25) is 0 Å². The molecule has 2 aromatic carbocycles. The summed E-state index contributed by atoms with van der Waals surface area (Å²) in [6.07, 6.45) is 0. The highest BCUT2D eigenvalue weighted by Gasteiger charge is 2.17. The minimum Gasteiger partial charge on any atom is -0.496 e. The molecule has 0 atom stereocenters. The summed E-state index contributed by atoms with van der Waals surface area (Å²) < 4.78 is 20.5. The van der Waals surface area contributed by atoms with E-state index >= 15 is 0 Å². The predicted molar refractivity (Wildman–Crippen MR) is 144 cm³/mol. The van der Waals surface area contributed by atoms with E-state index in [2.05, 4.69) is 48.9 Å². The van der Waals surface area contributed by atoms with E-state index in [1.54, 1.807) is 38.5 Å². The first kappa shape index (κ1) is 34.1. The van der Waals surface area contributed by atoms with Crippen LogP contribution < -0.4 is 9.47 Å². The molecule has 0 aliphatic heterocycles. The molecule has 0 radical (unpaired) electrons. The van der Waals surface area contributed by atoms with E-state index in [1.807, 2.05) is 27.7 Å². The Labute approximate surface area is 225 Å². The molecule has 0 aromatic heterocycles. The number of esters is 2. The number of nitrogens with zero attached hydrogens (tertiary/aromatic N) is 1. The maximum Gasteiger partial charge on any atom is 0.339 e. The molecule has 0 fully saturated rings. The van der Waals surface area contributed by atoms with Crippen molar-refractivity contribution in [3.8, 4) is 17.6 Å². The average Bonchev–Trinajstić information content (AvgIpc) is 2.82. The molecule has 0 aliphatic carbocycles. The van der Waals surface area contributed by atoms with Crippen LogP contribution in [0.3, 0.4) is 0 Å². The van der Waals surface area contributed by atoms with Crippen molar-refractivity contribution in [1.82, 2.24) is 0 Å². The highest BCUT2D eigenvalue weighted by molar-refractivity contribution is 9.93. The van der Waals surface area contributed by atoms with Crippen LogP contribution in [0.15, 0.2) is 22.7 Å². The number of rotatable bonds is 4. The van der Waals surface area contributed by atoms with Gasteiger partial charge in [-0.1, -0.05) is 0 Å². The fraction of sp³-hybridized carbons (Fsp3) is 0.375. The second-order valence-corrected chi connectivity index (χ2v) is 7.36. The van der Waals surface area contributed by atoms with E-state index in [0.29, 0.717) is 11.1 Å². The number of nitriles is 1. The van der Waals surface area contributed by atoms with Gasteiger partial charge in [-0.25, -0.2) is 9.59 Å². The minimum atomic E-state index is -0.351. The highest BCUT2D eigenvalue weighted by Crippen LogP contribution is 2.33. The molecular weight excluding hydrogens is 638 g/mol. The van der Waals surface area contributed by atoms with Crippen LogP contribution in [0.5, 0.6) is 11.5 Å². The molecule has 0 spiro atoms. The molecular formula is C24H30Br3NO6. The lowest BCUT2D eigenvalue weighted by molar-refractivity contribution is 0.0591. The lowest BCUT2D eigenvalue weighted by Crippen LogP contribution is -2.05. The molecule has 188 valence electrons. The summed E-state index contributed by atoms with van der Waals surface area (Å²) in [6, 6.07) is 7.02. The van der Waals surface area contributed by atoms with Crippen molar-refractivity contribution in [3.05, 3.63) is 56.1 Å². The van der Waals surface area contributed by atoms with Crippen LogP contribution in [0.2, 0.25) is 0 Å². The summed E-state index contributed by atoms with van der Waals surface area (Å²) in [5.74, 6) is 0.932. The first-order chi connectivity index (χ1) is 16.0. The summed E-state index contributed by atoms with van der Waals surface area (Å²) in [7, 11) is 5.97. The number of aryl methyl sites for hydroxylation is 3. The summed E-state index contributed by atoms with van der Waals surface area (Å²) >= 11 is 8.87. The van der Waals surface area contributed by atoms with E-state index < -0.39 is 0 Å². The highest BCUT2D eigenvalue weighted by atomic mass is 80.9. The lowest BCUT2D eigenvalue weighted by atomic mass is 10.1. The van der Waals surface area contributed by atoms with Crippen LogP contribution in [-0.4, -0.2) is 40.4 Å². The van der Waals surface area contributed by atoms with Crippen LogP contribution in [-0.2, 0) is 9.47 Å². The molecule has 0 unspecified atom stereocenters. The maximum absolute atomic E-state index is 11.4. The van der Waals surface area contributed by atoms with Crippen LogP contribution in [0.1, 0.15) is 49.9 Å². The van der Waals surface area contributed by atoms with Crippen LogP contribution >= 0.6 is 44.2 Å². The molecule has 10 heteroatoms. The van der Waals surface area contributed by atoms with Gasteiger partial charge >= 0.3 is 11.9 Å². The van der Waals surface area contributed by atoms with Gasteiger partial charge in [0.05, 0.1) is 45.6 Å². The zero-order valence-electron chi connectivity index (χ0n) is 20.8. The number of ether oxygens (including phenoxy) is 4. The van der Waals surface area contributed by atoms with Crippen molar-refractivity contribution < 1.29 is 28.5 Å². The number of benzene rings is 2. The zero-order valence-corrected chi connectivity index (χ0v) is 25.5. The van der Waals surface area contributed by atoms with Crippen molar-refractivity contribution in [2.45, 2.75) is 34.6 Å². The van der Waals surface area contributed by atoms with Gasteiger partial charge in [-0.2, -0.15) is 5.26 Å². The average molecular weight is 668 g/mol. The van der Waals surface area contributed by atoms with E-state index in [-0.39, 0.29) is 11.9 Å². The van der Waals surface area contributed by atoms with E-state index in [0.717, 1.165) is 38.2 Å². The van der Waals surface area contributed by atoms with Crippen LogP contribution in [0.25, 0.3) is 0 Å². The van der Waals surface area contributed by atoms with Gasteiger partial charge in [-0.15, -0.1) is 0 Å². The Morgan fingerprint density at radius 2 is 1.18 bits per heavy atom. The van der Waals surface area contributed by atoms with Crippen molar-refractivity contribution in [3.63, 3.8) is 0 Å². The van der Waals surface area contributed by atoms with Crippen LogP contribution in [0, 0.1) is 39.0 Å². The fourth-order valence-corrected chi connectivity index (χ4v) is 3.48. The molecule has 0 aliphatic rings. The van der Waals surface area contributed by atoms with Crippen molar-refractivity contribution in [1.29, 1.82) is 5.26 Å². The Balaban J connectivity index is 0. The Kier molecular flexibility index (Phi) is 18.3. The predicted octanol–water partition coefficient (Wildman–Crippen LogP) is 7.18. The van der Waals surface area contributed by atoms with Gasteiger partial charge in [0.25, 0.3) is 0 Å². The molecule has 2 aromatic rings. The molecule has 0 bridgehead atoms. The number of hydrogen-bond donors (Lipinski definition) is 0. The Hall–Kier alpha value is -2.09. The molecule has 0 saturated heterocycles. The fourth-order valence-electron chi connectivity index (χ4n) is 3.02. The minimum absolute atomic E-state index is 0.321. The third kappa shape index (κ3) is 10.0. The lowest BCUT2D eigenvalue weighted by Gasteiger charge is -2.13. The van der Waals surface area contributed by atoms with Gasteiger partial charge in [-0.05, 0) is 78.5 Å². The normalized spacial score (nSPS) is 8.79. The first-order valence-corrected chi connectivity index (χ1v) is 14.2. The van der Waals surface area contributed by atoms with Gasteiger partial charge in [0.2, 0.25) is 0 Å². The number of halogens is 3. The molecule has 2 rings (SSSR count). The molecule has 0 saturated carbocycles.